The summed E-state index contributed by atoms with van der Waals surface area (Å²) < 4.78 is 15.3. The average molecular weight is 716 g/mol. The average Bonchev–Trinajstić information content (AvgIpc) is 3.74. The molecule has 55 heavy (non-hydrogen) atoms. The van der Waals surface area contributed by atoms with Crippen molar-refractivity contribution in [3.63, 3.8) is 0 Å². The first-order valence-electron chi connectivity index (χ1n) is 19.2. The minimum Gasteiger partial charge on any atom is -0.399 e. The largest absolute Gasteiger partial charge is 0.494 e. The lowest BCUT2D eigenvalue weighted by molar-refractivity contribution is 0.00578. The predicted octanol–water partition coefficient (Wildman–Crippen LogP) is 11.2. The standard InChI is InChI=1S/C49H42BN3O2/c1-47(2)40-21-12-10-19-36(40)37-25-23-32(29-41(37)47)43-30-42(31-15-14-16-34(27-31)50-54-48(3,4)49(5,6)55-50)51-46(52-43)33-24-26-45-39(28-33)38-20-11-13-22-44(38)53(45)35-17-8-7-9-18-35/h7-30H,1-6H3. The number of hydrogen-bond donors (Lipinski definition) is 0. The molecule has 1 aliphatic carbocycles. The van der Waals surface area contributed by atoms with E-state index in [2.05, 4.69) is 192 Å². The maximum Gasteiger partial charge on any atom is 0.494 e. The zero-order valence-electron chi connectivity index (χ0n) is 32.1. The summed E-state index contributed by atoms with van der Waals surface area (Å²) in [6, 6.07) is 51.9. The molecule has 0 radical (unpaired) electrons. The molecule has 0 amide bonds. The van der Waals surface area contributed by atoms with Gasteiger partial charge in [-0.2, -0.15) is 0 Å². The Morgan fingerprint density at radius 1 is 0.491 bits per heavy atom. The molecular weight excluding hydrogens is 673 g/mol. The van der Waals surface area contributed by atoms with Crippen LogP contribution in [0.15, 0.2) is 146 Å². The number of benzene rings is 6. The van der Waals surface area contributed by atoms with Gasteiger partial charge < -0.3 is 13.9 Å². The van der Waals surface area contributed by atoms with Crippen LogP contribution in [0, 0.1) is 0 Å². The summed E-state index contributed by atoms with van der Waals surface area (Å²) in [5, 5.41) is 2.35. The molecular formula is C49H42BN3O2. The minimum atomic E-state index is -0.476. The quantitative estimate of drug-likeness (QED) is 0.167. The number of fused-ring (bicyclic) bond motifs is 6. The van der Waals surface area contributed by atoms with Crippen molar-refractivity contribution in [2.75, 3.05) is 0 Å². The van der Waals surface area contributed by atoms with Crippen LogP contribution in [-0.2, 0) is 14.7 Å². The Bertz CT molecular complexity index is 2800. The Morgan fingerprint density at radius 2 is 1.13 bits per heavy atom. The summed E-state index contributed by atoms with van der Waals surface area (Å²) in [7, 11) is -0.476. The first-order chi connectivity index (χ1) is 26.5. The highest BCUT2D eigenvalue weighted by molar-refractivity contribution is 6.62. The van der Waals surface area contributed by atoms with Gasteiger partial charge in [0, 0.05) is 33.0 Å². The molecule has 268 valence electrons. The van der Waals surface area contributed by atoms with Crippen LogP contribution < -0.4 is 5.46 Å². The van der Waals surface area contributed by atoms with E-state index in [1.165, 1.54) is 27.6 Å². The van der Waals surface area contributed by atoms with Crippen LogP contribution in [0.4, 0.5) is 0 Å². The normalized spacial score (nSPS) is 16.4. The van der Waals surface area contributed by atoms with Gasteiger partial charge in [0.05, 0.1) is 33.6 Å². The summed E-state index contributed by atoms with van der Waals surface area (Å²) >= 11 is 0. The fraction of sp³-hybridized carbons (Fsp3) is 0.184. The maximum absolute atomic E-state index is 6.47. The molecule has 1 fully saturated rings. The number of rotatable bonds is 5. The summed E-state index contributed by atoms with van der Waals surface area (Å²) in [5.74, 6) is 0.676. The van der Waals surface area contributed by atoms with E-state index >= 15 is 0 Å². The molecule has 0 saturated carbocycles. The second-order valence-corrected chi connectivity index (χ2v) is 16.5. The van der Waals surface area contributed by atoms with Gasteiger partial charge in [-0.3, -0.25) is 0 Å². The fourth-order valence-corrected chi connectivity index (χ4v) is 8.53. The van der Waals surface area contributed by atoms with Crippen molar-refractivity contribution >= 4 is 34.4 Å². The van der Waals surface area contributed by atoms with E-state index in [0.29, 0.717) is 5.82 Å². The van der Waals surface area contributed by atoms with Gasteiger partial charge >= 0.3 is 7.12 Å². The first-order valence-corrected chi connectivity index (χ1v) is 19.2. The number of para-hydroxylation sites is 2. The van der Waals surface area contributed by atoms with Gasteiger partial charge in [0.2, 0.25) is 0 Å². The van der Waals surface area contributed by atoms with E-state index in [1.807, 2.05) is 0 Å². The summed E-state index contributed by atoms with van der Waals surface area (Å²) in [6.07, 6.45) is 0. The third kappa shape index (κ3) is 5.31. The molecule has 1 saturated heterocycles. The van der Waals surface area contributed by atoms with Gasteiger partial charge in [0.25, 0.3) is 0 Å². The van der Waals surface area contributed by atoms with E-state index in [4.69, 9.17) is 19.3 Å². The Labute approximate surface area is 322 Å². The number of aromatic nitrogens is 3. The van der Waals surface area contributed by atoms with Crippen LogP contribution >= 0.6 is 0 Å². The molecule has 1 aliphatic heterocycles. The second kappa shape index (κ2) is 12.1. The van der Waals surface area contributed by atoms with Crippen molar-refractivity contribution in [1.82, 2.24) is 14.5 Å². The zero-order chi connectivity index (χ0) is 37.7. The second-order valence-electron chi connectivity index (χ2n) is 16.5. The van der Waals surface area contributed by atoms with Crippen molar-refractivity contribution in [1.29, 1.82) is 0 Å². The smallest absolute Gasteiger partial charge is 0.399 e. The summed E-state index contributed by atoms with van der Waals surface area (Å²) in [4.78, 5) is 10.7. The monoisotopic (exact) mass is 715 g/mol. The lowest BCUT2D eigenvalue weighted by Gasteiger charge is -2.32. The van der Waals surface area contributed by atoms with Crippen LogP contribution in [-0.4, -0.2) is 32.9 Å². The lowest BCUT2D eigenvalue weighted by Crippen LogP contribution is -2.41. The van der Waals surface area contributed by atoms with Gasteiger partial charge in [-0.15, -0.1) is 0 Å². The number of hydrogen-bond acceptors (Lipinski definition) is 4. The molecule has 0 atom stereocenters. The Balaban J connectivity index is 1.15. The molecule has 8 aromatic rings. The van der Waals surface area contributed by atoms with Crippen LogP contribution in [0.3, 0.4) is 0 Å². The lowest BCUT2D eigenvalue weighted by atomic mass is 9.78. The Hall–Kier alpha value is -5.82. The third-order valence-electron chi connectivity index (χ3n) is 12.3. The maximum atomic E-state index is 6.47. The van der Waals surface area contributed by atoms with Crippen molar-refractivity contribution in [3.8, 4) is 50.7 Å². The van der Waals surface area contributed by atoms with Crippen LogP contribution in [0.2, 0.25) is 0 Å². The van der Waals surface area contributed by atoms with Crippen molar-refractivity contribution in [3.05, 3.63) is 157 Å². The molecule has 0 unspecified atom stereocenters. The van der Waals surface area contributed by atoms with Gasteiger partial charge in [0.1, 0.15) is 0 Å². The first kappa shape index (κ1) is 33.7. The molecule has 0 N–H and O–H groups in total. The molecule has 2 aromatic heterocycles. The van der Waals surface area contributed by atoms with Gasteiger partial charge in [-0.1, -0.05) is 111 Å². The van der Waals surface area contributed by atoms with Crippen LogP contribution in [0.5, 0.6) is 0 Å². The predicted molar refractivity (Wildman–Crippen MR) is 226 cm³/mol. The van der Waals surface area contributed by atoms with E-state index in [9.17, 15) is 0 Å². The molecule has 6 aromatic carbocycles. The van der Waals surface area contributed by atoms with Crippen molar-refractivity contribution < 1.29 is 9.31 Å². The van der Waals surface area contributed by atoms with Crippen molar-refractivity contribution in [2.45, 2.75) is 58.2 Å². The third-order valence-corrected chi connectivity index (χ3v) is 12.3. The molecule has 10 rings (SSSR count). The Kier molecular flexibility index (Phi) is 7.42. The number of nitrogens with zero attached hydrogens (tertiary/aromatic N) is 3. The topological polar surface area (TPSA) is 49.2 Å². The minimum absolute atomic E-state index is 0.129. The van der Waals surface area contributed by atoms with E-state index in [1.54, 1.807) is 0 Å². The van der Waals surface area contributed by atoms with Gasteiger partial charge in [0.15, 0.2) is 5.82 Å². The molecule has 0 spiro atoms. The molecule has 5 nitrogen and oxygen atoms in total. The van der Waals surface area contributed by atoms with Gasteiger partial charge in [-0.05, 0) is 110 Å². The van der Waals surface area contributed by atoms with Crippen LogP contribution in [0.1, 0.15) is 52.7 Å². The summed E-state index contributed by atoms with van der Waals surface area (Å²) in [6.45, 7) is 13.0. The van der Waals surface area contributed by atoms with E-state index in [-0.39, 0.29) is 5.41 Å². The fourth-order valence-electron chi connectivity index (χ4n) is 8.53. The highest BCUT2D eigenvalue weighted by Crippen LogP contribution is 2.49. The van der Waals surface area contributed by atoms with E-state index in [0.717, 1.165) is 55.6 Å². The summed E-state index contributed by atoms with van der Waals surface area (Å²) in [5.41, 5.74) is 13.4. The molecule has 3 heterocycles. The highest BCUT2D eigenvalue weighted by Gasteiger charge is 2.51. The SMILES string of the molecule is CC1(C)c2ccccc2-c2ccc(-c3cc(-c4cccc(B5OC(C)(C)C(C)(C)O5)c4)nc(-c4ccc5c(c4)c4ccccc4n5-c4ccccc4)n3)cc21. The van der Waals surface area contributed by atoms with Crippen LogP contribution in [0.25, 0.3) is 72.5 Å². The van der Waals surface area contributed by atoms with E-state index < -0.39 is 18.3 Å². The molecule has 2 aliphatic rings. The van der Waals surface area contributed by atoms with Gasteiger partial charge in [-0.25, -0.2) is 9.97 Å². The molecule has 0 bridgehead atoms. The highest BCUT2D eigenvalue weighted by atomic mass is 16.7. The zero-order valence-corrected chi connectivity index (χ0v) is 32.1. The Morgan fingerprint density at radius 3 is 1.91 bits per heavy atom. The molecule has 6 heteroatoms. The van der Waals surface area contributed by atoms with Crippen molar-refractivity contribution in [2.24, 2.45) is 0 Å².